The van der Waals surface area contributed by atoms with Crippen molar-refractivity contribution in [2.45, 2.75) is 13.3 Å². The Kier molecular flexibility index (Phi) is 14.9. The molecule has 0 amide bonds. The van der Waals surface area contributed by atoms with Gasteiger partial charge in [0.25, 0.3) is 0 Å². The maximum Gasteiger partial charge on any atom is 0.510 e. The molecule has 0 saturated carbocycles. The maximum absolute atomic E-state index is 10.3. The second-order valence-corrected chi connectivity index (χ2v) is 2.50. The summed E-state index contributed by atoms with van der Waals surface area (Å²) in [4.78, 5) is 20.0. The molecule has 0 heterocycles. The molecular weight excluding hydrogens is 252 g/mol. The summed E-state index contributed by atoms with van der Waals surface area (Å²) in [6, 6.07) is 0. The van der Waals surface area contributed by atoms with Crippen LogP contribution in [0.15, 0.2) is 0 Å². The van der Waals surface area contributed by atoms with Crippen molar-refractivity contribution in [1.82, 2.24) is 0 Å². The topological polar surface area (TPSA) is 82.1 Å². The third kappa shape index (κ3) is 21.1. The minimum absolute atomic E-state index is 0.0246. The minimum Gasteiger partial charge on any atom is -0.450 e. The van der Waals surface area contributed by atoms with E-state index < -0.39 is 12.3 Å². The Bertz CT molecular complexity index is 382. The highest BCUT2D eigenvalue weighted by Crippen LogP contribution is 1.82. The first-order valence-electron chi connectivity index (χ1n) is 5.06. The zero-order valence-electron chi connectivity index (χ0n) is 10.5. The van der Waals surface area contributed by atoms with Crippen molar-refractivity contribution in [3.05, 3.63) is 0 Å². The van der Waals surface area contributed by atoms with Crippen molar-refractivity contribution >= 4 is 12.3 Å². The van der Waals surface area contributed by atoms with Crippen molar-refractivity contribution < 1.29 is 28.9 Å². The summed E-state index contributed by atoms with van der Waals surface area (Å²) in [5.41, 5.74) is 0. The van der Waals surface area contributed by atoms with Gasteiger partial charge in [-0.3, -0.25) is 0 Å². The Hall–Kier alpha value is -2.78. The Balaban J connectivity index is 0. The van der Waals surface area contributed by atoms with E-state index in [2.05, 4.69) is 37.9 Å². The molecule has 0 bridgehead atoms. The van der Waals surface area contributed by atoms with E-state index in [0.717, 1.165) is 6.42 Å². The summed E-state index contributed by atoms with van der Waals surface area (Å²) in [6.07, 6.45) is 8.18. The largest absolute Gasteiger partial charge is 0.510 e. The number of carbonyl (C=O) groups excluding carboxylic acids is 1. The van der Waals surface area contributed by atoms with Crippen LogP contribution in [0.3, 0.4) is 0 Å². The minimum atomic E-state index is -1.28. The van der Waals surface area contributed by atoms with Crippen molar-refractivity contribution in [3.63, 3.8) is 0 Å². The van der Waals surface area contributed by atoms with Crippen LogP contribution in [0.2, 0.25) is 0 Å². The van der Waals surface area contributed by atoms with Gasteiger partial charge in [-0.05, 0) is 0 Å². The molecule has 0 fully saturated rings. The summed E-state index contributed by atoms with van der Waals surface area (Å²) in [5.74, 6) is 9.38. The van der Waals surface area contributed by atoms with Crippen LogP contribution in [0.5, 0.6) is 0 Å². The zero-order valence-corrected chi connectivity index (χ0v) is 10.5. The highest BCUT2D eigenvalue weighted by molar-refractivity contribution is 5.60. The van der Waals surface area contributed by atoms with Crippen molar-refractivity contribution in [1.29, 1.82) is 0 Å². The van der Waals surface area contributed by atoms with Gasteiger partial charge < -0.3 is 19.3 Å². The summed E-state index contributed by atoms with van der Waals surface area (Å²) in [7, 11) is 0. The second-order valence-electron chi connectivity index (χ2n) is 2.50. The van der Waals surface area contributed by atoms with Crippen LogP contribution in [0.4, 0.5) is 9.59 Å². The monoisotopic (exact) mass is 266 g/mol. The fraction of sp³-hybridized carbons (Fsp3) is 0.385. The number of carbonyl (C=O) groups is 2. The van der Waals surface area contributed by atoms with Crippen LogP contribution in [-0.2, 0) is 14.2 Å². The summed E-state index contributed by atoms with van der Waals surface area (Å²) in [5, 5.41) is 7.92. The van der Waals surface area contributed by atoms with Crippen molar-refractivity contribution in [3.8, 4) is 36.5 Å². The first-order chi connectivity index (χ1) is 9.08. The molecular formula is C13H14O6. The molecule has 0 aliphatic heterocycles. The van der Waals surface area contributed by atoms with Crippen LogP contribution < -0.4 is 0 Å². The van der Waals surface area contributed by atoms with E-state index in [0.29, 0.717) is 0 Å². The first-order valence-corrected chi connectivity index (χ1v) is 5.06. The Morgan fingerprint density at radius 2 is 1.53 bits per heavy atom. The Morgan fingerprint density at radius 3 is 1.89 bits per heavy atom. The number of hydrogen-bond donors (Lipinski definition) is 1. The highest BCUT2D eigenvalue weighted by Gasteiger charge is 1.98. The number of ether oxygens (including phenoxy) is 3. The normalized spacial score (nSPS) is 7.11. The van der Waals surface area contributed by atoms with E-state index in [1.165, 1.54) is 0 Å². The van der Waals surface area contributed by atoms with E-state index >= 15 is 0 Å². The Labute approximate surface area is 112 Å². The van der Waals surface area contributed by atoms with Gasteiger partial charge in [-0.1, -0.05) is 24.7 Å². The van der Waals surface area contributed by atoms with Gasteiger partial charge >= 0.3 is 12.3 Å². The molecule has 0 unspecified atom stereocenters. The quantitative estimate of drug-likeness (QED) is 0.615. The smallest absolute Gasteiger partial charge is 0.450 e. The number of carboxylic acid groups (broad SMARTS) is 1. The highest BCUT2D eigenvalue weighted by atomic mass is 16.7. The third-order valence-electron chi connectivity index (χ3n) is 1.12. The average Bonchev–Trinajstić information content (AvgIpc) is 2.39. The number of rotatable bonds is 3. The molecule has 0 atom stereocenters. The fourth-order valence-electron chi connectivity index (χ4n) is 0.517. The third-order valence-corrected chi connectivity index (χ3v) is 1.12. The van der Waals surface area contributed by atoms with Gasteiger partial charge in [0.2, 0.25) is 0 Å². The molecule has 0 aromatic carbocycles. The molecule has 19 heavy (non-hydrogen) atoms. The average molecular weight is 266 g/mol. The van der Waals surface area contributed by atoms with E-state index in [1.54, 1.807) is 0 Å². The number of terminal acetylenes is 2. The molecule has 102 valence electrons. The van der Waals surface area contributed by atoms with E-state index in [9.17, 15) is 9.59 Å². The van der Waals surface area contributed by atoms with Gasteiger partial charge in [-0.25, -0.2) is 9.59 Å². The summed E-state index contributed by atoms with van der Waals surface area (Å²) in [6.45, 7) is 1.67. The van der Waals surface area contributed by atoms with Gasteiger partial charge in [0.15, 0.2) is 19.8 Å². The lowest BCUT2D eigenvalue weighted by Crippen LogP contribution is -2.07. The predicted molar refractivity (Wildman–Crippen MR) is 67.0 cm³/mol. The van der Waals surface area contributed by atoms with Crippen LogP contribution in [0.25, 0.3) is 0 Å². The van der Waals surface area contributed by atoms with Gasteiger partial charge in [0.1, 0.15) is 0 Å². The van der Waals surface area contributed by atoms with Crippen molar-refractivity contribution in [2.75, 3.05) is 19.8 Å². The molecule has 0 radical (unpaired) electrons. The lowest BCUT2D eigenvalue weighted by Gasteiger charge is -1.97. The summed E-state index contributed by atoms with van der Waals surface area (Å²) < 4.78 is 12.7. The fourth-order valence-corrected chi connectivity index (χ4v) is 0.517. The Morgan fingerprint density at radius 1 is 1.00 bits per heavy atom. The van der Waals surface area contributed by atoms with Crippen molar-refractivity contribution in [2.24, 2.45) is 0 Å². The predicted octanol–water partition coefficient (Wildman–Crippen LogP) is 1.50. The molecule has 0 rings (SSSR count). The van der Waals surface area contributed by atoms with Crippen LogP contribution in [0.1, 0.15) is 13.3 Å². The lowest BCUT2D eigenvalue weighted by molar-refractivity contribution is 0.0745. The molecule has 6 nitrogen and oxygen atoms in total. The lowest BCUT2D eigenvalue weighted by atomic mass is 10.5. The maximum atomic E-state index is 10.3. The first kappa shape index (κ1) is 18.6. The van der Waals surface area contributed by atoms with Gasteiger partial charge in [-0.15, -0.1) is 18.8 Å². The molecule has 6 heteroatoms. The van der Waals surface area contributed by atoms with Gasteiger partial charge in [-0.2, -0.15) is 0 Å². The molecule has 0 spiro atoms. The molecule has 0 aromatic heterocycles. The second kappa shape index (κ2) is 15.2. The van der Waals surface area contributed by atoms with Gasteiger partial charge in [0, 0.05) is 6.42 Å². The van der Waals surface area contributed by atoms with Crippen LogP contribution in [0, 0.1) is 36.5 Å². The molecule has 0 aliphatic rings. The standard InChI is InChI=1S/C7H6O3.C6H8O3/c1-3-5-9-7(8)10-6-4-2;1-2-3-4-5-9-6(7)8/h1-2H,5-6H2;2,5H2,1H3,(H,7,8). The molecule has 0 aliphatic carbocycles. The van der Waals surface area contributed by atoms with E-state index in [-0.39, 0.29) is 19.8 Å². The zero-order chi connectivity index (χ0) is 14.9. The molecule has 0 saturated heterocycles. The van der Waals surface area contributed by atoms with E-state index in [1.807, 2.05) is 6.92 Å². The number of hydrogen-bond acceptors (Lipinski definition) is 5. The summed E-state index contributed by atoms with van der Waals surface area (Å²) >= 11 is 0. The van der Waals surface area contributed by atoms with E-state index in [4.69, 9.17) is 18.0 Å². The van der Waals surface area contributed by atoms with Crippen LogP contribution >= 0.6 is 0 Å². The molecule has 1 N–H and O–H groups in total. The SMILES string of the molecule is C#CCOC(=O)OCC#C.CCC#CCOC(=O)O. The van der Waals surface area contributed by atoms with Crippen LogP contribution in [-0.4, -0.2) is 37.2 Å². The molecule has 0 aromatic rings. The van der Waals surface area contributed by atoms with Gasteiger partial charge in [0.05, 0.1) is 0 Å².